The zero-order chi connectivity index (χ0) is 13.8. The van der Waals surface area contributed by atoms with Crippen LogP contribution in [0.15, 0.2) is 24.3 Å². The minimum Gasteiger partial charge on any atom is -0.481 e. The van der Waals surface area contributed by atoms with E-state index in [1.807, 2.05) is 4.90 Å². The van der Waals surface area contributed by atoms with Crippen LogP contribution in [0, 0.1) is 17.7 Å². The number of ether oxygens (including phenoxy) is 1. The predicted molar refractivity (Wildman–Crippen MR) is 71.4 cm³/mol. The van der Waals surface area contributed by atoms with Crippen LogP contribution in [0.3, 0.4) is 0 Å². The van der Waals surface area contributed by atoms with Crippen LogP contribution in [0.25, 0.3) is 0 Å². The number of piperidine rings is 1. The molecule has 104 valence electrons. The molecule has 1 aliphatic rings. The number of halogens is 1. The number of rotatable bonds is 3. The van der Waals surface area contributed by atoms with Crippen molar-refractivity contribution in [3.8, 4) is 5.75 Å². The van der Waals surface area contributed by atoms with Gasteiger partial charge in [0, 0.05) is 13.1 Å². The monoisotopic (exact) mass is 265 g/mol. The molecule has 0 bridgehead atoms. The van der Waals surface area contributed by atoms with Gasteiger partial charge in [-0.2, -0.15) is 0 Å². The highest BCUT2D eigenvalue weighted by molar-refractivity contribution is 5.77. The molecule has 3 nitrogen and oxygen atoms in total. The van der Waals surface area contributed by atoms with E-state index < -0.39 is 5.82 Å². The molecular weight excluding hydrogens is 245 g/mol. The van der Waals surface area contributed by atoms with Crippen LogP contribution in [-0.4, -0.2) is 30.5 Å². The summed E-state index contributed by atoms with van der Waals surface area (Å²) in [7, 11) is 0. The number of carbonyl (C=O) groups is 1. The van der Waals surface area contributed by atoms with Crippen LogP contribution in [0.1, 0.15) is 20.3 Å². The van der Waals surface area contributed by atoms with E-state index in [0.717, 1.165) is 19.5 Å². The van der Waals surface area contributed by atoms with E-state index in [1.54, 1.807) is 12.1 Å². The Morgan fingerprint density at radius 3 is 2.58 bits per heavy atom. The van der Waals surface area contributed by atoms with E-state index in [4.69, 9.17) is 4.74 Å². The lowest BCUT2D eigenvalue weighted by molar-refractivity contribution is -0.136. The van der Waals surface area contributed by atoms with Crippen molar-refractivity contribution in [3.63, 3.8) is 0 Å². The normalized spacial score (nSPS) is 23.2. The third-order valence-electron chi connectivity index (χ3n) is 3.41. The highest BCUT2D eigenvalue weighted by Crippen LogP contribution is 2.21. The Balaban J connectivity index is 1.89. The maximum Gasteiger partial charge on any atom is 0.260 e. The topological polar surface area (TPSA) is 29.5 Å². The first-order chi connectivity index (χ1) is 9.06. The zero-order valence-electron chi connectivity index (χ0n) is 11.4. The fourth-order valence-electron chi connectivity index (χ4n) is 2.66. The van der Waals surface area contributed by atoms with Crippen molar-refractivity contribution in [2.75, 3.05) is 19.7 Å². The second kappa shape index (κ2) is 6.04. The second-order valence-corrected chi connectivity index (χ2v) is 5.46. The van der Waals surface area contributed by atoms with Crippen molar-refractivity contribution in [1.29, 1.82) is 0 Å². The van der Waals surface area contributed by atoms with Crippen LogP contribution in [0.5, 0.6) is 5.75 Å². The molecule has 19 heavy (non-hydrogen) atoms. The van der Waals surface area contributed by atoms with Crippen molar-refractivity contribution in [2.24, 2.45) is 11.8 Å². The Hall–Kier alpha value is -1.58. The molecule has 1 aromatic rings. The molecule has 1 saturated heterocycles. The molecule has 1 aromatic carbocycles. The summed E-state index contributed by atoms with van der Waals surface area (Å²) >= 11 is 0. The molecule has 0 saturated carbocycles. The van der Waals surface area contributed by atoms with Gasteiger partial charge in [0.05, 0.1) is 0 Å². The first-order valence-corrected chi connectivity index (χ1v) is 6.71. The number of amides is 1. The van der Waals surface area contributed by atoms with E-state index in [2.05, 4.69) is 13.8 Å². The largest absolute Gasteiger partial charge is 0.481 e. The summed E-state index contributed by atoms with van der Waals surface area (Å²) in [5, 5.41) is 0. The van der Waals surface area contributed by atoms with Gasteiger partial charge in [-0.25, -0.2) is 4.39 Å². The minimum atomic E-state index is -0.435. The lowest BCUT2D eigenvalue weighted by atomic mass is 9.92. The summed E-state index contributed by atoms with van der Waals surface area (Å²) in [6.07, 6.45) is 1.15. The molecule has 2 atom stereocenters. The van der Waals surface area contributed by atoms with Gasteiger partial charge in [0.2, 0.25) is 0 Å². The van der Waals surface area contributed by atoms with Crippen LogP contribution in [0.4, 0.5) is 4.39 Å². The van der Waals surface area contributed by atoms with E-state index in [1.165, 1.54) is 12.1 Å². The molecule has 1 aliphatic heterocycles. The Labute approximate surface area is 113 Å². The van der Waals surface area contributed by atoms with Gasteiger partial charge in [-0.1, -0.05) is 26.0 Å². The number of para-hydroxylation sites is 1. The fraction of sp³-hybridized carbons (Fsp3) is 0.533. The third-order valence-corrected chi connectivity index (χ3v) is 3.41. The highest BCUT2D eigenvalue weighted by atomic mass is 19.1. The lowest BCUT2D eigenvalue weighted by Crippen LogP contribution is -2.44. The lowest BCUT2D eigenvalue weighted by Gasteiger charge is -2.34. The molecule has 1 heterocycles. The average molecular weight is 265 g/mol. The van der Waals surface area contributed by atoms with Crippen molar-refractivity contribution in [3.05, 3.63) is 30.1 Å². The number of benzene rings is 1. The molecular formula is C15H20FNO2. The van der Waals surface area contributed by atoms with E-state index in [9.17, 15) is 9.18 Å². The number of hydrogen-bond acceptors (Lipinski definition) is 2. The molecule has 0 aromatic heterocycles. The average Bonchev–Trinajstić information content (AvgIpc) is 2.36. The van der Waals surface area contributed by atoms with E-state index >= 15 is 0 Å². The fourth-order valence-corrected chi connectivity index (χ4v) is 2.66. The Kier molecular flexibility index (Phi) is 4.40. The summed E-state index contributed by atoms with van der Waals surface area (Å²) < 4.78 is 18.6. The number of likely N-dealkylation sites (tertiary alicyclic amines) is 1. The minimum absolute atomic E-state index is 0.0679. The Bertz CT molecular complexity index is 440. The number of hydrogen-bond donors (Lipinski definition) is 0. The molecule has 1 fully saturated rings. The van der Waals surface area contributed by atoms with Crippen molar-refractivity contribution in [2.45, 2.75) is 20.3 Å². The van der Waals surface area contributed by atoms with Crippen LogP contribution in [0.2, 0.25) is 0 Å². The smallest absolute Gasteiger partial charge is 0.260 e. The van der Waals surface area contributed by atoms with Crippen LogP contribution >= 0.6 is 0 Å². The van der Waals surface area contributed by atoms with Gasteiger partial charge in [0.25, 0.3) is 5.91 Å². The van der Waals surface area contributed by atoms with Crippen molar-refractivity contribution < 1.29 is 13.9 Å². The molecule has 0 radical (unpaired) electrons. The first-order valence-electron chi connectivity index (χ1n) is 6.71. The Morgan fingerprint density at radius 1 is 1.32 bits per heavy atom. The first kappa shape index (κ1) is 13.8. The quantitative estimate of drug-likeness (QED) is 0.841. The van der Waals surface area contributed by atoms with Gasteiger partial charge >= 0.3 is 0 Å². The van der Waals surface area contributed by atoms with Gasteiger partial charge in [-0.3, -0.25) is 4.79 Å². The Morgan fingerprint density at radius 2 is 1.95 bits per heavy atom. The molecule has 0 unspecified atom stereocenters. The van der Waals surface area contributed by atoms with E-state index in [0.29, 0.717) is 11.8 Å². The molecule has 2 rings (SSSR count). The van der Waals surface area contributed by atoms with Crippen molar-refractivity contribution in [1.82, 2.24) is 4.90 Å². The summed E-state index contributed by atoms with van der Waals surface area (Å²) in [5.74, 6) is 0.661. The molecule has 4 heteroatoms. The van der Waals surface area contributed by atoms with Crippen molar-refractivity contribution >= 4 is 5.91 Å². The summed E-state index contributed by atoms with van der Waals surface area (Å²) in [6.45, 7) is 5.73. The summed E-state index contributed by atoms with van der Waals surface area (Å²) in [5.41, 5.74) is 0. The number of carbonyl (C=O) groups excluding carboxylic acids is 1. The summed E-state index contributed by atoms with van der Waals surface area (Å²) in [6, 6.07) is 6.14. The maximum absolute atomic E-state index is 13.4. The van der Waals surface area contributed by atoms with E-state index in [-0.39, 0.29) is 18.3 Å². The van der Waals surface area contributed by atoms with Gasteiger partial charge < -0.3 is 9.64 Å². The third kappa shape index (κ3) is 3.69. The van der Waals surface area contributed by atoms with Gasteiger partial charge in [0.15, 0.2) is 18.2 Å². The van der Waals surface area contributed by atoms with Gasteiger partial charge in [0.1, 0.15) is 0 Å². The highest BCUT2D eigenvalue weighted by Gasteiger charge is 2.25. The molecule has 1 amide bonds. The standard InChI is InChI=1S/C15H20FNO2/c1-11-7-12(2)9-17(8-11)15(18)10-19-14-6-4-3-5-13(14)16/h3-6,11-12H,7-10H2,1-2H3/t11-,12+. The number of nitrogens with zero attached hydrogens (tertiary/aromatic N) is 1. The second-order valence-electron chi connectivity index (χ2n) is 5.46. The van der Waals surface area contributed by atoms with Gasteiger partial charge in [-0.15, -0.1) is 0 Å². The predicted octanol–water partition coefficient (Wildman–Crippen LogP) is 2.71. The van der Waals surface area contributed by atoms with Crippen LogP contribution < -0.4 is 4.74 Å². The molecule has 0 N–H and O–H groups in total. The van der Waals surface area contributed by atoms with Crippen LogP contribution in [-0.2, 0) is 4.79 Å². The molecule has 0 spiro atoms. The zero-order valence-corrected chi connectivity index (χ0v) is 11.4. The summed E-state index contributed by atoms with van der Waals surface area (Å²) in [4.78, 5) is 13.9. The SMILES string of the molecule is C[C@@H]1C[C@H](C)CN(C(=O)COc2ccccc2F)C1. The molecule has 0 aliphatic carbocycles. The van der Waals surface area contributed by atoms with Gasteiger partial charge in [-0.05, 0) is 30.4 Å². The maximum atomic E-state index is 13.4.